The van der Waals surface area contributed by atoms with Gasteiger partial charge in [0.2, 0.25) is 10.0 Å². The molecule has 0 amide bonds. The minimum Gasteiger partial charge on any atom is -0.495 e. The molecule has 0 spiro atoms. The van der Waals surface area contributed by atoms with E-state index >= 15 is 0 Å². The molecule has 0 atom stereocenters. The van der Waals surface area contributed by atoms with Crippen LogP contribution in [0.4, 0.5) is 8.78 Å². The van der Waals surface area contributed by atoms with E-state index in [1.807, 2.05) is 6.07 Å². The number of hydrogen-bond donors (Lipinski definition) is 2. The van der Waals surface area contributed by atoms with Gasteiger partial charge in [-0.05, 0) is 30.7 Å². The Balaban J connectivity index is 1.97. The first-order valence-corrected chi connectivity index (χ1v) is 12.5. The van der Waals surface area contributed by atoms with Gasteiger partial charge < -0.3 is 9.47 Å². The predicted octanol–water partition coefficient (Wildman–Crippen LogP) is 3.55. The zero-order chi connectivity index (χ0) is 27.3. The number of aromatic amines is 1. The van der Waals surface area contributed by atoms with Gasteiger partial charge in [0.25, 0.3) is 12.0 Å². The van der Waals surface area contributed by atoms with Gasteiger partial charge >= 0.3 is 5.69 Å². The van der Waals surface area contributed by atoms with Gasteiger partial charge in [-0.1, -0.05) is 23.2 Å². The molecule has 2 aromatic carbocycles. The fourth-order valence-electron chi connectivity index (χ4n) is 3.00. The number of unbranched alkanes of at least 4 members (excludes halogenated alkanes) is 1. The molecule has 0 radical (unpaired) electrons. The number of benzene rings is 2. The number of nitrogens with zero attached hydrogens (tertiary/aromatic N) is 3. The highest BCUT2D eigenvalue weighted by molar-refractivity contribution is 7.89. The molecule has 0 aliphatic heterocycles. The van der Waals surface area contributed by atoms with Crippen LogP contribution in [0.2, 0.25) is 10.0 Å². The first kappa shape index (κ1) is 28.1. The van der Waals surface area contributed by atoms with E-state index in [1.165, 1.54) is 19.2 Å². The number of nitrogens with one attached hydrogen (secondary N) is 2. The Labute approximate surface area is 218 Å². The molecular weight excluding hydrogens is 559 g/mol. The summed E-state index contributed by atoms with van der Waals surface area (Å²) < 4.78 is 65.3. The van der Waals surface area contributed by atoms with Crippen LogP contribution in [0.5, 0.6) is 17.2 Å². The molecule has 2 N–H and O–H groups in total. The maximum absolute atomic E-state index is 13.1. The summed E-state index contributed by atoms with van der Waals surface area (Å²) in [5.41, 5.74) is -3.77. The fraction of sp³-hybridized carbons (Fsp3) is 0.238. The second kappa shape index (κ2) is 11.7. The summed E-state index contributed by atoms with van der Waals surface area (Å²) in [6, 6.07) is 8.06. The van der Waals surface area contributed by atoms with Crippen LogP contribution < -0.4 is 25.4 Å². The number of halogens is 4. The lowest BCUT2D eigenvalue weighted by atomic mass is 10.3. The number of sulfonamides is 1. The monoisotopic (exact) mass is 575 g/mol. The molecule has 0 aliphatic rings. The van der Waals surface area contributed by atoms with Crippen molar-refractivity contribution in [3.63, 3.8) is 0 Å². The SMILES string of the molecule is COc1ccc(Oc2c(Cl)cc(-n3nc(C(F)F)c(=O)[nH]c3=O)cc2Cl)cc1S(=O)(=O)NCCCC#N. The van der Waals surface area contributed by atoms with Gasteiger partial charge in [-0.15, -0.1) is 0 Å². The average Bonchev–Trinajstić information content (AvgIpc) is 2.83. The van der Waals surface area contributed by atoms with E-state index in [1.54, 1.807) is 4.98 Å². The smallest absolute Gasteiger partial charge is 0.349 e. The number of hydrogen-bond acceptors (Lipinski definition) is 8. The third kappa shape index (κ3) is 6.44. The molecule has 37 heavy (non-hydrogen) atoms. The quantitative estimate of drug-likeness (QED) is 0.347. The van der Waals surface area contributed by atoms with Crippen LogP contribution in [0.3, 0.4) is 0 Å². The van der Waals surface area contributed by atoms with E-state index in [9.17, 15) is 26.8 Å². The van der Waals surface area contributed by atoms with Crippen molar-refractivity contribution in [1.82, 2.24) is 19.5 Å². The van der Waals surface area contributed by atoms with Crippen molar-refractivity contribution in [2.45, 2.75) is 24.2 Å². The molecule has 1 heterocycles. The average molecular weight is 576 g/mol. The first-order chi connectivity index (χ1) is 17.5. The minimum absolute atomic E-state index is 0.00549. The zero-order valence-electron chi connectivity index (χ0n) is 18.8. The van der Waals surface area contributed by atoms with E-state index in [2.05, 4.69) is 9.82 Å². The number of nitriles is 1. The molecule has 1 aromatic heterocycles. The number of rotatable bonds is 10. The topological polar surface area (TPSA) is 156 Å². The Morgan fingerprint density at radius 3 is 2.49 bits per heavy atom. The second-order valence-corrected chi connectivity index (χ2v) is 9.72. The van der Waals surface area contributed by atoms with E-state index in [4.69, 9.17) is 37.9 Å². The van der Waals surface area contributed by atoms with Crippen LogP contribution >= 0.6 is 23.2 Å². The number of ether oxygens (including phenoxy) is 2. The molecule has 0 fully saturated rings. The van der Waals surface area contributed by atoms with Crippen LogP contribution in [0.1, 0.15) is 25.0 Å². The summed E-state index contributed by atoms with van der Waals surface area (Å²) in [7, 11) is -2.77. The lowest BCUT2D eigenvalue weighted by Gasteiger charge is -2.15. The number of aromatic nitrogens is 3. The Bertz CT molecular complexity index is 1560. The molecule has 3 aromatic rings. The molecule has 3 rings (SSSR count). The third-order valence-electron chi connectivity index (χ3n) is 4.69. The van der Waals surface area contributed by atoms with Gasteiger partial charge in [-0.25, -0.2) is 26.7 Å². The molecular formula is C21H17Cl2F2N5O6S. The van der Waals surface area contributed by atoms with Crippen molar-refractivity contribution in [2.24, 2.45) is 0 Å². The molecule has 0 saturated carbocycles. The van der Waals surface area contributed by atoms with E-state index in [0.29, 0.717) is 11.1 Å². The zero-order valence-corrected chi connectivity index (χ0v) is 21.1. The number of H-pyrrole nitrogens is 1. The molecule has 0 aliphatic carbocycles. The standard InChI is InChI=1S/C21H17Cl2F2N5O6S/c1-35-15-5-4-12(10-16(15)37(33,34)27-7-3-2-6-26)36-18-13(22)8-11(9-14(18)23)30-21(32)28-20(31)17(29-30)19(24)25/h4-5,8-10,19,27H,2-3,7H2,1H3,(H,28,31,32). The van der Waals surface area contributed by atoms with Gasteiger partial charge in [-0.3, -0.25) is 9.78 Å². The Kier molecular flexibility index (Phi) is 8.87. The maximum atomic E-state index is 13.1. The molecule has 0 saturated heterocycles. The van der Waals surface area contributed by atoms with Gasteiger partial charge in [0.15, 0.2) is 11.4 Å². The maximum Gasteiger partial charge on any atom is 0.349 e. The summed E-state index contributed by atoms with van der Waals surface area (Å²) in [6.07, 6.45) is -2.77. The second-order valence-electron chi connectivity index (χ2n) is 7.17. The van der Waals surface area contributed by atoms with Crippen LogP contribution in [0.25, 0.3) is 5.69 Å². The summed E-state index contributed by atoms with van der Waals surface area (Å²) in [5.74, 6) is -0.130. The van der Waals surface area contributed by atoms with Gasteiger partial charge in [0.1, 0.15) is 16.4 Å². The van der Waals surface area contributed by atoms with Crippen LogP contribution in [0, 0.1) is 11.3 Å². The fourth-order valence-corrected chi connectivity index (χ4v) is 4.81. The van der Waals surface area contributed by atoms with Gasteiger partial charge in [-0.2, -0.15) is 15.0 Å². The molecule has 11 nitrogen and oxygen atoms in total. The summed E-state index contributed by atoms with van der Waals surface area (Å²) in [6.45, 7) is 0.0225. The van der Waals surface area contributed by atoms with Crippen LogP contribution in [-0.4, -0.2) is 36.8 Å². The van der Waals surface area contributed by atoms with Crippen molar-refractivity contribution in [2.75, 3.05) is 13.7 Å². The van der Waals surface area contributed by atoms with Gasteiger partial charge in [0, 0.05) is 19.0 Å². The van der Waals surface area contributed by atoms with Crippen LogP contribution in [0.15, 0.2) is 44.8 Å². The highest BCUT2D eigenvalue weighted by Crippen LogP contribution is 2.39. The summed E-state index contributed by atoms with van der Waals surface area (Å²) >= 11 is 12.5. The van der Waals surface area contributed by atoms with Crippen LogP contribution in [-0.2, 0) is 10.0 Å². The molecule has 0 unspecified atom stereocenters. The lowest BCUT2D eigenvalue weighted by Crippen LogP contribution is -2.34. The molecule has 196 valence electrons. The summed E-state index contributed by atoms with van der Waals surface area (Å²) in [4.78, 5) is 25.1. The van der Waals surface area contributed by atoms with E-state index in [-0.39, 0.29) is 50.8 Å². The number of methoxy groups -OCH3 is 1. The Hall–Kier alpha value is -3.51. The van der Waals surface area contributed by atoms with E-state index < -0.39 is 33.4 Å². The first-order valence-electron chi connectivity index (χ1n) is 10.2. The number of alkyl halides is 2. The van der Waals surface area contributed by atoms with Crippen molar-refractivity contribution >= 4 is 33.2 Å². The highest BCUT2D eigenvalue weighted by Gasteiger charge is 2.22. The minimum atomic E-state index is -4.05. The van der Waals surface area contributed by atoms with Crippen molar-refractivity contribution in [1.29, 1.82) is 5.26 Å². The van der Waals surface area contributed by atoms with Gasteiger partial charge in [0.05, 0.1) is 28.9 Å². The van der Waals surface area contributed by atoms with Crippen molar-refractivity contribution in [3.8, 4) is 29.0 Å². The normalized spacial score (nSPS) is 11.4. The largest absolute Gasteiger partial charge is 0.495 e. The van der Waals surface area contributed by atoms with Crippen molar-refractivity contribution in [3.05, 3.63) is 66.9 Å². The highest BCUT2D eigenvalue weighted by atomic mass is 35.5. The third-order valence-corrected chi connectivity index (χ3v) is 6.73. The van der Waals surface area contributed by atoms with Crippen molar-refractivity contribution < 1.29 is 26.7 Å². The lowest BCUT2D eigenvalue weighted by molar-refractivity contribution is 0.141. The predicted molar refractivity (Wildman–Crippen MR) is 129 cm³/mol. The Morgan fingerprint density at radius 2 is 1.89 bits per heavy atom. The molecule has 16 heteroatoms. The summed E-state index contributed by atoms with van der Waals surface area (Å²) in [5, 5.41) is 11.6. The Morgan fingerprint density at radius 1 is 1.22 bits per heavy atom. The molecule has 0 bridgehead atoms. The van der Waals surface area contributed by atoms with E-state index in [0.717, 1.165) is 18.2 Å².